The molecule has 0 aliphatic heterocycles. The number of nitro benzene ring substituents is 1. The molecule has 0 radical (unpaired) electrons. The smallest absolute Gasteiger partial charge is 0.272 e. The van der Waals surface area contributed by atoms with Gasteiger partial charge in [0.2, 0.25) is 0 Å². The Morgan fingerprint density at radius 3 is 2.71 bits per heavy atom. The lowest BCUT2D eigenvalue weighted by Gasteiger charge is -2.08. The summed E-state index contributed by atoms with van der Waals surface area (Å²) in [6.07, 6.45) is 0.477. The molecule has 0 aromatic heterocycles. The van der Waals surface area contributed by atoms with Gasteiger partial charge in [0.15, 0.2) is 11.6 Å². The summed E-state index contributed by atoms with van der Waals surface area (Å²) in [5.41, 5.74) is 1.34. The molecule has 0 aliphatic rings. The van der Waals surface area contributed by atoms with Crippen molar-refractivity contribution in [3.63, 3.8) is 0 Å². The highest BCUT2D eigenvalue weighted by atomic mass is 19.1. The predicted molar refractivity (Wildman–Crippen MR) is 78.2 cm³/mol. The van der Waals surface area contributed by atoms with E-state index in [2.05, 4.69) is 5.32 Å². The summed E-state index contributed by atoms with van der Waals surface area (Å²) in [4.78, 5) is 10.5. The van der Waals surface area contributed by atoms with Crippen molar-refractivity contribution < 1.29 is 14.1 Å². The van der Waals surface area contributed by atoms with Gasteiger partial charge in [-0.1, -0.05) is 18.2 Å². The fourth-order valence-electron chi connectivity index (χ4n) is 2.02. The number of ether oxygens (including phenoxy) is 1. The molecule has 21 heavy (non-hydrogen) atoms. The highest BCUT2D eigenvalue weighted by Crippen LogP contribution is 2.21. The first kappa shape index (κ1) is 14.8. The van der Waals surface area contributed by atoms with Crippen molar-refractivity contribution in [2.24, 2.45) is 0 Å². The second-order valence-corrected chi connectivity index (χ2v) is 4.41. The lowest BCUT2D eigenvalue weighted by atomic mass is 10.1. The number of nitro groups is 1. The van der Waals surface area contributed by atoms with Crippen LogP contribution in [0.3, 0.4) is 0 Å². The lowest BCUT2D eigenvalue weighted by Crippen LogP contribution is -2.07. The minimum Gasteiger partial charge on any atom is -0.494 e. The average molecular weight is 290 g/mol. The standard InChI is InChI=1S/C15H15FN2O3/c1-21-15-7-6-12(10-13(15)16)17-9-8-11-4-2-3-5-14(11)18(19)20/h2-7,10,17H,8-9H2,1H3. The summed E-state index contributed by atoms with van der Waals surface area (Å²) < 4.78 is 18.4. The van der Waals surface area contributed by atoms with Gasteiger partial charge in [-0.15, -0.1) is 0 Å². The van der Waals surface area contributed by atoms with Crippen LogP contribution in [0, 0.1) is 15.9 Å². The van der Waals surface area contributed by atoms with Crippen LogP contribution in [0.4, 0.5) is 15.8 Å². The Balaban J connectivity index is 1.99. The Kier molecular flexibility index (Phi) is 4.71. The SMILES string of the molecule is COc1ccc(NCCc2ccccc2[N+](=O)[O-])cc1F. The van der Waals surface area contributed by atoms with Crippen LogP contribution < -0.4 is 10.1 Å². The summed E-state index contributed by atoms with van der Waals surface area (Å²) in [6.45, 7) is 0.469. The van der Waals surface area contributed by atoms with E-state index in [-0.39, 0.29) is 11.4 Å². The maximum absolute atomic E-state index is 13.5. The number of benzene rings is 2. The molecular formula is C15H15FN2O3. The molecule has 2 rings (SSSR count). The van der Waals surface area contributed by atoms with Crippen LogP contribution in [0.25, 0.3) is 0 Å². The third-order valence-electron chi connectivity index (χ3n) is 3.06. The zero-order valence-electron chi connectivity index (χ0n) is 11.5. The Labute approximate surface area is 121 Å². The highest BCUT2D eigenvalue weighted by Gasteiger charge is 2.11. The van der Waals surface area contributed by atoms with Crippen LogP contribution in [-0.4, -0.2) is 18.6 Å². The van der Waals surface area contributed by atoms with Gasteiger partial charge in [-0.25, -0.2) is 4.39 Å². The van der Waals surface area contributed by atoms with Crippen molar-refractivity contribution >= 4 is 11.4 Å². The number of hydrogen-bond acceptors (Lipinski definition) is 4. The van der Waals surface area contributed by atoms with Crippen LogP contribution in [0.2, 0.25) is 0 Å². The third-order valence-corrected chi connectivity index (χ3v) is 3.06. The molecule has 1 N–H and O–H groups in total. The molecule has 0 atom stereocenters. The Hall–Kier alpha value is -2.63. The van der Waals surface area contributed by atoms with E-state index < -0.39 is 10.7 Å². The van der Waals surface area contributed by atoms with Crippen molar-refractivity contribution in [1.29, 1.82) is 0 Å². The van der Waals surface area contributed by atoms with Gasteiger partial charge in [-0.3, -0.25) is 10.1 Å². The number of methoxy groups -OCH3 is 1. The van der Waals surface area contributed by atoms with Crippen LogP contribution >= 0.6 is 0 Å². The molecule has 2 aromatic rings. The molecule has 0 bridgehead atoms. The number of hydrogen-bond donors (Lipinski definition) is 1. The topological polar surface area (TPSA) is 64.4 Å². The van der Waals surface area contributed by atoms with Crippen molar-refractivity contribution in [2.45, 2.75) is 6.42 Å². The molecule has 2 aromatic carbocycles. The molecule has 0 saturated heterocycles. The van der Waals surface area contributed by atoms with E-state index in [0.29, 0.717) is 24.2 Å². The number of nitrogens with one attached hydrogen (secondary N) is 1. The summed E-state index contributed by atoms with van der Waals surface area (Å²) >= 11 is 0. The first-order valence-electron chi connectivity index (χ1n) is 6.41. The second-order valence-electron chi connectivity index (χ2n) is 4.41. The van der Waals surface area contributed by atoms with Crippen molar-refractivity contribution in [3.05, 3.63) is 64.0 Å². The number of para-hydroxylation sites is 1. The van der Waals surface area contributed by atoms with E-state index in [1.165, 1.54) is 25.3 Å². The van der Waals surface area contributed by atoms with E-state index in [4.69, 9.17) is 4.74 Å². The molecule has 0 spiro atoms. The van der Waals surface area contributed by atoms with Gasteiger partial charge in [0, 0.05) is 29.9 Å². The fraction of sp³-hybridized carbons (Fsp3) is 0.200. The molecule has 0 amide bonds. The van der Waals surface area contributed by atoms with E-state index in [1.54, 1.807) is 24.3 Å². The Morgan fingerprint density at radius 2 is 2.05 bits per heavy atom. The molecule has 0 fully saturated rings. The quantitative estimate of drug-likeness (QED) is 0.654. The molecule has 0 unspecified atom stereocenters. The van der Waals surface area contributed by atoms with E-state index >= 15 is 0 Å². The number of anilines is 1. The van der Waals surface area contributed by atoms with Gasteiger partial charge in [0.25, 0.3) is 5.69 Å². The van der Waals surface area contributed by atoms with Crippen molar-refractivity contribution in [3.8, 4) is 5.75 Å². The molecule has 5 nitrogen and oxygen atoms in total. The zero-order chi connectivity index (χ0) is 15.2. The fourth-order valence-corrected chi connectivity index (χ4v) is 2.02. The third kappa shape index (κ3) is 3.68. The average Bonchev–Trinajstić information content (AvgIpc) is 2.48. The van der Waals surface area contributed by atoms with Gasteiger partial charge >= 0.3 is 0 Å². The van der Waals surface area contributed by atoms with Crippen LogP contribution in [0.15, 0.2) is 42.5 Å². The lowest BCUT2D eigenvalue weighted by molar-refractivity contribution is -0.385. The van der Waals surface area contributed by atoms with Gasteiger partial charge < -0.3 is 10.1 Å². The summed E-state index contributed by atoms with van der Waals surface area (Å²) in [5, 5.41) is 13.9. The molecule has 0 heterocycles. The molecular weight excluding hydrogens is 275 g/mol. The summed E-state index contributed by atoms with van der Waals surface area (Å²) in [7, 11) is 1.40. The van der Waals surface area contributed by atoms with Gasteiger partial charge in [-0.05, 0) is 18.6 Å². The first-order chi connectivity index (χ1) is 10.1. The maximum Gasteiger partial charge on any atom is 0.272 e. The molecule has 0 saturated carbocycles. The number of nitrogens with zero attached hydrogens (tertiary/aromatic N) is 1. The van der Waals surface area contributed by atoms with E-state index in [1.807, 2.05) is 0 Å². The number of rotatable bonds is 6. The largest absolute Gasteiger partial charge is 0.494 e. The molecule has 0 aliphatic carbocycles. The zero-order valence-corrected chi connectivity index (χ0v) is 11.5. The van der Waals surface area contributed by atoms with Crippen molar-refractivity contribution in [1.82, 2.24) is 0 Å². The van der Waals surface area contributed by atoms with E-state index in [9.17, 15) is 14.5 Å². The predicted octanol–water partition coefficient (Wildman–Crippen LogP) is 3.40. The van der Waals surface area contributed by atoms with Crippen LogP contribution in [-0.2, 0) is 6.42 Å². The first-order valence-corrected chi connectivity index (χ1v) is 6.41. The Morgan fingerprint density at radius 1 is 1.29 bits per heavy atom. The maximum atomic E-state index is 13.5. The minimum atomic E-state index is -0.451. The van der Waals surface area contributed by atoms with Gasteiger partial charge in [0.05, 0.1) is 12.0 Å². The normalized spacial score (nSPS) is 10.2. The summed E-state index contributed by atoms with van der Waals surface area (Å²) in [6, 6.07) is 11.1. The Bertz CT molecular complexity index is 647. The van der Waals surface area contributed by atoms with Crippen molar-refractivity contribution in [2.75, 3.05) is 19.0 Å². The minimum absolute atomic E-state index is 0.0974. The number of halogens is 1. The molecule has 6 heteroatoms. The highest BCUT2D eigenvalue weighted by molar-refractivity contribution is 5.48. The second kappa shape index (κ2) is 6.69. The van der Waals surface area contributed by atoms with Gasteiger partial charge in [-0.2, -0.15) is 0 Å². The molecule has 110 valence electrons. The van der Waals surface area contributed by atoms with E-state index in [0.717, 1.165) is 0 Å². The van der Waals surface area contributed by atoms with Gasteiger partial charge in [0.1, 0.15) is 0 Å². The summed E-state index contributed by atoms with van der Waals surface area (Å²) in [5.74, 6) is -0.271. The van der Waals surface area contributed by atoms with Crippen LogP contribution in [0.1, 0.15) is 5.56 Å². The monoisotopic (exact) mass is 290 g/mol. The van der Waals surface area contributed by atoms with Crippen LogP contribution in [0.5, 0.6) is 5.75 Å².